The van der Waals surface area contributed by atoms with Crippen LogP contribution in [0.2, 0.25) is 0 Å². The van der Waals surface area contributed by atoms with Gasteiger partial charge in [0.25, 0.3) is 0 Å². The Balaban J connectivity index is 0.00000379. The van der Waals surface area contributed by atoms with Crippen LogP contribution in [0.1, 0.15) is 50.5 Å². The molecule has 0 heterocycles. The van der Waals surface area contributed by atoms with E-state index in [0.29, 0.717) is 11.1 Å². The van der Waals surface area contributed by atoms with Crippen LogP contribution in [0.25, 0.3) is 5.57 Å². The molecule has 0 radical (unpaired) electrons. The lowest BCUT2D eigenvalue weighted by Gasteiger charge is -2.30. The van der Waals surface area contributed by atoms with Crippen LogP contribution in [0.15, 0.2) is 42.0 Å². The lowest BCUT2D eigenvalue weighted by molar-refractivity contribution is -0.216. The van der Waals surface area contributed by atoms with Gasteiger partial charge in [0.15, 0.2) is 6.29 Å². The fraction of sp³-hybridized carbons (Fsp3) is 0.500. The summed E-state index contributed by atoms with van der Waals surface area (Å²) in [5, 5.41) is 48.7. The number of allylic oxidation sites excluding steroid dienone is 2. The van der Waals surface area contributed by atoms with Crippen molar-refractivity contribution in [3.63, 3.8) is 0 Å². The van der Waals surface area contributed by atoms with E-state index in [4.69, 9.17) is 4.74 Å². The third kappa shape index (κ3) is 8.18. The number of aliphatic imine (C=N–C) groups is 1. The second-order valence-electron chi connectivity index (χ2n) is 6.19. The SMILES string of the molecule is C=C/C(=C\N=CC)c1ccc(C(O)C(OC(CO)C(C)O)C(O)O)c(C)c1.CC. The van der Waals surface area contributed by atoms with Gasteiger partial charge in [0, 0.05) is 12.4 Å². The van der Waals surface area contributed by atoms with E-state index in [1.807, 2.05) is 19.9 Å². The Hall–Kier alpha value is -1.87. The first-order valence-corrected chi connectivity index (χ1v) is 9.66. The first kappa shape index (κ1) is 27.1. The predicted molar refractivity (Wildman–Crippen MR) is 115 cm³/mol. The lowest BCUT2D eigenvalue weighted by atomic mass is 9.94. The monoisotopic (exact) mass is 409 g/mol. The third-order valence-electron chi connectivity index (χ3n) is 4.16. The number of rotatable bonds is 10. The van der Waals surface area contributed by atoms with E-state index in [1.165, 1.54) is 6.92 Å². The topological polar surface area (TPSA) is 123 Å². The summed E-state index contributed by atoms with van der Waals surface area (Å²) in [5.41, 5.74) is 2.76. The van der Waals surface area contributed by atoms with E-state index >= 15 is 0 Å². The number of nitrogens with zero attached hydrogens (tertiary/aromatic N) is 1. The largest absolute Gasteiger partial charge is 0.394 e. The summed E-state index contributed by atoms with van der Waals surface area (Å²) in [6.07, 6.45) is -1.96. The highest BCUT2D eigenvalue weighted by atomic mass is 16.6. The fourth-order valence-electron chi connectivity index (χ4n) is 2.58. The molecule has 164 valence electrons. The van der Waals surface area contributed by atoms with Crippen LogP contribution in [-0.2, 0) is 4.74 Å². The van der Waals surface area contributed by atoms with Crippen molar-refractivity contribution in [2.45, 2.75) is 65.3 Å². The molecule has 7 nitrogen and oxygen atoms in total. The van der Waals surface area contributed by atoms with Crippen LogP contribution in [0.3, 0.4) is 0 Å². The van der Waals surface area contributed by atoms with Crippen molar-refractivity contribution >= 4 is 11.8 Å². The van der Waals surface area contributed by atoms with Crippen molar-refractivity contribution < 1.29 is 30.3 Å². The molecule has 0 aliphatic rings. The molecule has 1 rings (SSSR count). The van der Waals surface area contributed by atoms with E-state index in [9.17, 15) is 25.5 Å². The average molecular weight is 410 g/mol. The number of aliphatic hydroxyl groups excluding tert-OH is 4. The molecule has 4 unspecified atom stereocenters. The maximum Gasteiger partial charge on any atom is 0.181 e. The molecule has 0 spiro atoms. The van der Waals surface area contributed by atoms with Gasteiger partial charge in [-0.3, -0.25) is 4.99 Å². The molecule has 1 aromatic rings. The number of hydrogen-bond donors (Lipinski definition) is 5. The van der Waals surface area contributed by atoms with Crippen LogP contribution in [0, 0.1) is 6.92 Å². The molecule has 0 saturated carbocycles. The van der Waals surface area contributed by atoms with Gasteiger partial charge in [-0.05, 0) is 43.0 Å². The third-order valence-corrected chi connectivity index (χ3v) is 4.16. The fourth-order valence-corrected chi connectivity index (χ4v) is 2.58. The Morgan fingerprint density at radius 2 is 1.83 bits per heavy atom. The maximum atomic E-state index is 10.6. The number of hydrogen-bond acceptors (Lipinski definition) is 7. The molecule has 1 aromatic carbocycles. The van der Waals surface area contributed by atoms with Crippen LogP contribution >= 0.6 is 0 Å². The van der Waals surface area contributed by atoms with Gasteiger partial charge in [0.2, 0.25) is 0 Å². The number of aryl methyl sites for hydroxylation is 1. The minimum Gasteiger partial charge on any atom is -0.394 e. The molecular weight excluding hydrogens is 374 g/mol. The Morgan fingerprint density at radius 3 is 2.24 bits per heavy atom. The highest BCUT2D eigenvalue weighted by Crippen LogP contribution is 2.28. The van der Waals surface area contributed by atoms with Crippen LogP contribution in [0.4, 0.5) is 0 Å². The van der Waals surface area contributed by atoms with E-state index in [0.717, 1.165) is 11.1 Å². The normalized spacial score (nSPS) is 16.2. The number of ether oxygens (including phenoxy) is 1. The zero-order valence-corrected chi connectivity index (χ0v) is 17.9. The molecule has 0 aromatic heterocycles. The summed E-state index contributed by atoms with van der Waals surface area (Å²) in [4.78, 5) is 4.08. The minimum absolute atomic E-state index is 0.432. The van der Waals surface area contributed by atoms with Gasteiger partial charge < -0.3 is 30.3 Å². The van der Waals surface area contributed by atoms with Crippen molar-refractivity contribution in [2.75, 3.05) is 6.61 Å². The van der Waals surface area contributed by atoms with Gasteiger partial charge in [-0.15, -0.1) is 0 Å². The van der Waals surface area contributed by atoms with Crippen molar-refractivity contribution in [3.05, 3.63) is 53.7 Å². The zero-order chi connectivity index (χ0) is 22.6. The predicted octanol–water partition coefficient (Wildman–Crippen LogP) is 2.11. The molecule has 0 bridgehead atoms. The van der Waals surface area contributed by atoms with E-state index < -0.39 is 37.3 Å². The molecular formula is C22H35NO6. The standard InChI is InChI=1S/C20H29NO6.C2H6/c1-5-14(10-21-6-2)15-7-8-16(12(3)9-15)18(24)19(20(25)26)27-17(11-22)13(4)23;1-2/h5-10,13,17-20,22-26H,1,11H2,2-4H3;1-2H3/b14-10+,21-6?;. The van der Waals surface area contributed by atoms with Gasteiger partial charge in [-0.2, -0.15) is 0 Å². The molecule has 0 aliphatic carbocycles. The Morgan fingerprint density at radius 1 is 1.21 bits per heavy atom. The van der Waals surface area contributed by atoms with E-state index in [2.05, 4.69) is 11.6 Å². The molecule has 29 heavy (non-hydrogen) atoms. The molecule has 0 fully saturated rings. The highest BCUT2D eigenvalue weighted by Gasteiger charge is 2.32. The van der Waals surface area contributed by atoms with Gasteiger partial charge >= 0.3 is 0 Å². The summed E-state index contributed by atoms with van der Waals surface area (Å²) in [6, 6.07) is 5.22. The molecule has 0 saturated heterocycles. The minimum atomic E-state index is -2.01. The second kappa shape index (κ2) is 14.2. The van der Waals surface area contributed by atoms with Crippen molar-refractivity contribution in [3.8, 4) is 0 Å². The summed E-state index contributed by atoms with van der Waals surface area (Å²) >= 11 is 0. The summed E-state index contributed by atoms with van der Waals surface area (Å²) in [6.45, 7) is 12.2. The number of aliphatic hydroxyl groups is 5. The quantitative estimate of drug-likeness (QED) is 0.229. The highest BCUT2D eigenvalue weighted by molar-refractivity contribution is 5.75. The van der Waals surface area contributed by atoms with Crippen LogP contribution in [-0.4, -0.2) is 63.0 Å². The average Bonchev–Trinajstić information content (AvgIpc) is 2.70. The first-order valence-electron chi connectivity index (χ1n) is 9.66. The van der Waals surface area contributed by atoms with Crippen LogP contribution < -0.4 is 0 Å². The summed E-state index contributed by atoms with van der Waals surface area (Å²) < 4.78 is 5.35. The smallest absolute Gasteiger partial charge is 0.181 e. The molecule has 0 amide bonds. The van der Waals surface area contributed by atoms with Gasteiger partial charge in [-0.25, -0.2) is 0 Å². The van der Waals surface area contributed by atoms with Crippen molar-refractivity contribution in [2.24, 2.45) is 4.99 Å². The van der Waals surface area contributed by atoms with Gasteiger partial charge in [-0.1, -0.05) is 44.7 Å². The molecule has 4 atom stereocenters. The van der Waals surface area contributed by atoms with Gasteiger partial charge in [0.1, 0.15) is 18.3 Å². The summed E-state index contributed by atoms with van der Waals surface area (Å²) in [5.74, 6) is 0. The molecule has 7 heteroatoms. The Kier molecular flexibility index (Phi) is 13.3. The number of benzene rings is 1. The second-order valence-corrected chi connectivity index (χ2v) is 6.19. The Labute approximate surface area is 173 Å². The maximum absolute atomic E-state index is 10.6. The first-order chi connectivity index (χ1) is 13.8. The van der Waals surface area contributed by atoms with Crippen molar-refractivity contribution in [1.29, 1.82) is 0 Å². The molecule has 5 N–H and O–H groups in total. The van der Waals surface area contributed by atoms with E-state index in [-0.39, 0.29) is 0 Å². The van der Waals surface area contributed by atoms with Crippen LogP contribution in [0.5, 0.6) is 0 Å². The van der Waals surface area contributed by atoms with Gasteiger partial charge in [0.05, 0.1) is 12.7 Å². The lowest BCUT2D eigenvalue weighted by Crippen LogP contribution is -2.42. The Bertz CT molecular complexity index is 669. The van der Waals surface area contributed by atoms with E-state index in [1.54, 1.807) is 44.5 Å². The zero-order valence-electron chi connectivity index (χ0n) is 17.9. The molecule has 0 aliphatic heterocycles. The van der Waals surface area contributed by atoms with Crippen molar-refractivity contribution in [1.82, 2.24) is 0 Å². The summed E-state index contributed by atoms with van der Waals surface area (Å²) in [7, 11) is 0.